The van der Waals surface area contributed by atoms with Crippen LogP contribution in [0, 0.1) is 0 Å². The molecule has 0 radical (unpaired) electrons. The number of piperazine rings is 1. The highest BCUT2D eigenvalue weighted by Gasteiger charge is 2.43. The molecule has 2 aromatic heterocycles. The van der Waals surface area contributed by atoms with Crippen LogP contribution in [0.2, 0.25) is 0 Å². The number of anilines is 3. The van der Waals surface area contributed by atoms with Crippen molar-refractivity contribution >= 4 is 35.0 Å². The highest BCUT2D eigenvalue weighted by molar-refractivity contribution is 6.13. The molecule has 0 spiro atoms. The van der Waals surface area contributed by atoms with Gasteiger partial charge >= 0.3 is 0 Å². The van der Waals surface area contributed by atoms with E-state index in [1.807, 2.05) is 12.1 Å². The van der Waals surface area contributed by atoms with Gasteiger partial charge in [-0.15, -0.1) is 0 Å². The van der Waals surface area contributed by atoms with E-state index in [-0.39, 0.29) is 5.91 Å². The molecule has 0 aliphatic carbocycles. The van der Waals surface area contributed by atoms with Crippen LogP contribution in [0.1, 0.15) is 36.2 Å². The number of benzene rings is 2. The molecule has 4 aromatic rings. The second-order valence-electron chi connectivity index (χ2n) is 10.0. The van der Waals surface area contributed by atoms with E-state index in [1.54, 1.807) is 23.0 Å². The van der Waals surface area contributed by atoms with Crippen molar-refractivity contribution in [3.63, 3.8) is 0 Å². The van der Waals surface area contributed by atoms with Gasteiger partial charge in [-0.3, -0.25) is 9.69 Å². The molecule has 2 saturated heterocycles. The first kappa shape index (κ1) is 21.2. The van der Waals surface area contributed by atoms with Crippen molar-refractivity contribution < 1.29 is 4.79 Å². The summed E-state index contributed by atoms with van der Waals surface area (Å²) < 4.78 is 1.76. The predicted octanol–water partition coefficient (Wildman–Crippen LogP) is 3.78. The molecule has 0 saturated carbocycles. The van der Waals surface area contributed by atoms with Gasteiger partial charge in [-0.05, 0) is 56.7 Å². The fraction of sp³-hybridized carbons (Fsp3) is 0.296. The summed E-state index contributed by atoms with van der Waals surface area (Å²) in [5.41, 5.74) is 5.95. The lowest BCUT2D eigenvalue weighted by Crippen LogP contribution is -2.48. The first-order valence-electron chi connectivity index (χ1n) is 12.4. The Morgan fingerprint density at radius 1 is 1.03 bits per heavy atom. The summed E-state index contributed by atoms with van der Waals surface area (Å²) >= 11 is 0. The number of aromatic nitrogens is 4. The third-order valence-corrected chi connectivity index (χ3v) is 7.61. The van der Waals surface area contributed by atoms with Crippen molar-refractivity contribution in [1.82, 2.24) is 24.5 Å². The van der Waals surface area contributed by atoms with E-state index in [1.165, 1.54) is 18.4 Å². The monoisotopic (exact) mass is 478 g/mol. The van der Waals surface area contributed by atoms with Crippen LogP contribution in [0.25, 0.3) is 16.9 Å². The molecule has 36 heavy (non-hydrogen) atoms. The topological polar surface area (TPSA) is 91.0 Å². The van der Waals surface area contributed by atoms with Crippen molar-refractivity contribution in [3.8, 4) is 11.3 Å². The van der Waals surface area contributed by atoms with E-state index >= 15 is 0 Å². The Kier molecular flexibility index (Phi) is 4.69. The first-order valence-corrected chi connectivity index (χ1v) is 12.4. The predicted molar refractivity (Wildman–Crippen MR) is 139 cm³/mol. The van der Waals surface area contributed by atoms with E-state index in [9.17, 15) is 4.79 Å². The van der Waals surface area contributed by atoms with Gasteiger partial charge < -0.3 is 10.2 Å². The maximum atomic E-state index is 11.8. The second-order valence-corrected chi connectivity index (χ2v) is 10.0. The molecule has 2 fully saturated rings. The number of nitrogens with zero attached hydrogens (tertiary/aromatic N) is 7. The summed E-state index contributed by atoms with van der Waals surface area (Å²) in [6.45, 7) is 6.83. The molecule has 9 nitrogen and oxygen atoms in total. The van der Waals surface area contributed by atoms with Gasteiger partial charge in [0.2, 0.25) is 0 Å². The average molecular weight is 479 g/mol. The summed E-state index contributed by atoms with van der Waals surface area (Å²) in [7, 11) is 0. The number of aliphatic imine (C=N–C) groups is 1. The Morgan fingerprint density at radius 2 is 1.89 bits per heavy atom. The molecule has 9 heteroatoms. The van der Waals surface area contributed by atoms with E-state index in [2.05, 4.69) is 73.3 Å². The number of nitrogens with one attached hydrogen (secondary N) is 1. The molecular weight excluding hydrogens is 452 g/mol. The van der Waals surface area contributed by atoms with Crippen LogP contribution in [0.4, 0.5) is 17.2 Å². The van der Waals surface area contributed by atoms with Crippen LogP contribution in [0.15, 0.2) is 60.0 Å². The lowest BCUT2D eigenvalue weighted by Gasteiger charge is -2.37. The quantitative estimate of drug-likeness (QED) is 0.467. The van der Waals surface area contributed by atoms with Gasteiger partial charge in [-0.25, -0.2) is 19.5 Å². The Bertz CT molecular complexity index is 1520. The summed E-state index contributed by atoms with van der Waals surface area (Å²) in [5, 5.41) is 7.83. The second kappa shape index (κ2) is 7.96. The first-order chi connectivity index (χ1) is 17.5. The molecule has 0 unspecified atom stereocenters. The summed E-state index contributed by atoms with van der Waals surface area (Å²) in [6.07, 6.45) is 6.15. The molecule has 1 amide bonds. The van der Waals surface area contributed by atoms with E-state index < -0.39 is 0 Å². The lowest BCUT2D eigenvalue weighted by molar-refractivity contribution is 0.101. The summed E-state index contributed by atoms with van der Waals surface area (Å²) in [4.78, 5) is 30.0. The van der Waals surface area contributed by atoms with E-state index in [4.69, 9.17) is 0 Å². The van der Waals surface area contributed by atoms with Gasteiger partial charge in [0, 0.05) is 59.9 Å². The van der Waals surface area contributed by atoms with Crippen LogP contribution < -0.4 is 10.2 Å². The van der Waals surface area contributed by atoms with Gasteiger partial charge in [-0.2, -0.15) is 5.10 Å². The zero-order chi connectivity index (χ0) is 24.4. The van der Waals surface area contributed by atoms with Gasteiger partial charge in [0.1, 0.15) is 6.33 Å². The molecule has 2 atom stereocenters. The summed E-state index contributed by atoms with van der Waals surface area (Å²) in [6, 6.07) is 16.1. The molecule has 1 N–H and O–H groups in total. The van der Waals surface area contributed by atoms with E-state index in [0.29, 0.717) is 35.2 Å². The maximum Gasteiger partial charge on any atom is 0.277 e. The van der Waals surface area contributed by atoms with Crippen molar-refractivity contribution in [2.45, 2.75) is 38.4 Å². The number of carbonyl (C=O) groups excluding carboxylic acids is 1. The minimum absolute atomic E-state index is 0.207. The SMILES string of the molecule is CC(C)N1C[C@@H]2C[C@H]1CN2c1ccc(Nc2ncc(-c3ccc4c(c3)C=NC4=O)n3ncnc23)cc1. The Hall–Kier alpha value is -4.11. The van der Waals surface area contributed by atoms with Crippen molar-refractivity contribution in [3.05, 3.63) is 66.1 Å². The Labute approximate surface area is 208 Å². The minimum atomic E-state index is -0.207. The zero-order valence-electron chi connectivity index (χ0n) is 20.2. The standard InChI is InChI=1S/C27H26N8O/c1-16(2)33-13-22-10-21(33)14-34(22)20-6-4-19(5-7-20)32-25-26-30-15-31-35(26)24(12-28-25)17-3-8-23-18(9-17)11-29-27(23)36/h3-9,11-12,15-16,21-22H,10,13-14H2,1-2H3,(H,28,32)/t21-,22-/m0/s1. The molecule has 180 valence electrons. The normalized spacial score (nSPS) is 20.8. The third-order valence-electron chi connectivity index (χ3n) is 7.61. The van der Waals surface area contributed by atoms with Crippen molar-refractivity contribution in [2.24, 2.45) is 4.99 Å². The van der Waals surface area contributed by atoms with Gasteiger partial charge in [0.05, 0.1) is 17.5 Å². The zero-order valence-corrected chi connectivity index (χ0v) is 20.2. The number of rotatable bonds is 5. The number of carbonyl (C=O) groups is 1. The maximum absolute atomic E-state index is 11.8. The Balaban J connectivity index is 1.12. The molecule has 2 bridgehead atoms. The molecule has 3 aliphatic rings. The highest BCUT2D eigenvalue weighted by atomic mass is 16.1. The van der Waals surface area contributed by atoms with Crippen molar-refractivity contribution in [2.75, 3.05) is 23.3 Å². The van der Waals surface area contributed by atoms with Gasteiger partial charge in [0.25, 0.3) is 5.91 Å². The van der Waals surface area contributed by atoms with Crippen LogP contribution in [-0.2, 0) is 0 Å². The van der Waals surface area contributed by atoms with Gasteiger partial charge in [0.15, 0.2) is 11.5 Å². The minimum Gasteiger partial charge on any atom is -0.366 e. The molecule has 2 aromatic carbocycles. The highest BCUT2D eigenvalue weighted by Crippen LogP contribution is 2.36. The fourth-order valence-corrected chi connectivity index (χ4v) is 5.84. The molecule has 3 aliphatic heterocycles. The van der Waals surface area contributed by atoms with Crippen LogP contribution >= 0.6 is 0 Å². The lowest BCUT2D eigenvalue weighted by atomic mass is 10.0. The van der Waals surface area contributed by atoms with Crippen LogP contribution in [0.5, 0.6) is 0 Å². The Morgan fingerprint density at radius 3 is 2.67 bits per heavy atom. The summed E-state index contributed by atoms with van der Waals surface area (Å²) in [5.74, 6) is 0.426. The number of likely N-dealkylation sites (tertiary alicyclic amines) is 1. The number of fused-ring (bicyclic) bond motifs is 4. The number of hydrogen-bond acceptors (Lipinski definition) is 7. The molecule has 7 rings (SSSR count). The third kappa shape index (κ3) is 3.30. The average Bonchev–Trinajstić information content (AvgIpc) is 3.68. The number of amides is 1. The van der Waals surface area contributed by atoms with E-state index in [0.717, 1.165) is 35.6 Å². The number of hydrogen-bond donors (Lipinski definition) is 1. The van der Waals surface area contributed by atoms with Crippen molar-refractivity contribution in [1.29, 1.82) is 0 Å². The fourth-order valence-electron chi connectivity index (χ4n) is 5.84. The smallest absolute Gasteiger partial charge is 0.277 e. The molecule has 5 heterocycles. The van der Waals surface area contributed by atoms with Crippen LogP contribution in [0.3, 0.4) is 0 Å². The largest absolute Gasteiger partial charge is 0.366 e. The van der Waals surface area contributed by atoms with Crippen LogP contribution in [-0.4, -0.2) is 67.8 Å². The molecular formula is C27H26N8O. The van der Waals surface area contributed by atoms with Gasteiger partial charge in [-0.1, -0.05) is 6.07 Å².